The van der Waals surface area contributed by atoms with E-state index in [0.29, 0.717) is 6.04 Å². The molecule has 0 spiro atoms. The Hall–Kier alpha value is -1.57. The maximum atomic E-state index is 12.7. The summed E-state index contributed by atoms with van der Waals surface area (Å²) in [4.78, 5) is 9.26. The molecule has 2 unspecified atom stereocenters. The van der Waals surface area contributed by atoms with Crippen LogP contribution in [0.3, 0.4) is 0 Å². The molecule has 8 heteroatoms. The number of likely N-dealkylation sites (tertiary alicyclic amines) is 1. The van der Waals surface area contributed by atoms with Crippen LogP contribution in [0.15, 0.2) is 6.07 Å². The standard InChI is InChI=1S/C12H18F3N5/c1-7-5-8(3-4-20(7)2)17-10-6-9(12(13,14)15)18-11(16)19-10/h6-8H,3-5H2,1-2H3,(H3,16,17,18,19). The van der Waals surface area contributed by atoms with Crippen molar-refractivity contribution < 1.29 is 13.2 Å². The fourth-order valence-corrected chi connectivity index (χ4v) is 2.31. The highest BCUT2D eigenvalue weighted by atomic mass is 19.4. The van der Waals surface area contributed by atoms with Crippen LogP contribution in [0.2, 0.25) is 0 Å². The fraction of sp³-hybridized carbons (Fsp3) is 0.667. The molecule has 5 nitrogen and oxygen atoms in total. The quantitative estimate of drug-likeness (QED) is 0.871. The fourth-order valence-electron chi connectivity index (χ4n) is 2.31. The van der Waals surface area contributed by atoms with E-state index in [4.69, 9.17) is 5.73 Å². The predicted octanol–water partition coefficient (Wildman–Crippen LogP) is 1.97. The van der Waals surface area contributed by atoms with Crippen LogP contribution in [-0.2, 0) is 6.18 Å². The molecule has 1 aliphatic rings. The van der Waals surface area contributed by atoms with Gasteiger partial charge in [-0.15, -0.1) is 0 Å². The van der Waals surface area contributed by atoms with Crippen molar-refractivity contribution in [2.24, 2.45) is 0 Å². The largest absolute Gasteiger partial charge is 0.433 e. The molecule has 112 valence electrons. The molecule has 0 saturated carbocycles. The molecule has 1 aliphatic heterocycles. The molecular formula is C12H18F3N5. The van der Waals surface area contributed by atoms with E-state index >= 15 is 0 Å². The first-order valence-corrected chi connectivity index (χ1v) is 6.44. The number of aromatic nitrogens is 2. The SMILES string of the molecule is CC1CC(Nc2cc(C(F)(F)F)nc(N)n2)CCN1C. The number of rotatable bonds is 2. The van der Waals surface area contributed by atoms with Crippen molar-refractivity contribution in [2.45, 2.75) is 38.0 Å². The summed E-state index contributed by atoms with van der Waals surface area (Å²) in [7, 11) is 2.03. The van der Waals surface area contributed by atoms with Crippen LogP contribution >= 0.6 is 0 Å². The average Bonchev–Trinajstić information content (AvgIpc) is 2.32. The number of nitrogens with one attached hydrogen (secondary N) is 1. The number of hydrogen-bond donors (Lipinski definition) is 2. The molecule has 3 N–H and O–H groups in total. The van der Waals surface area contributed by atoms with Crippen LogP contribution in [0.5, 0.6) is 0 Å². The molecule has 1 aromatic heterocycles. The summed E-state index contributed by atoms with van der Waals surface area (Å²) in [5.41, 5.74) is 4.32. The molecule has 1 saturated heterocycles. The number of nitrogen functional groups attached to an aromatic ring is 1. The summed E-state index contributed by atoms with van der Waals surface area (Å²) in [6.07, 6.45) is -2.82. The van der Waals surface area contributed by atoms with Gasteiger partial charge in [-0.25, -0.2) is 4.98 Å². The summed E-state index contributed by atoms with van der Waals surface area (Å²) >= 11 is 0. The average molecular weight is 289 g/mol. The Labute approximate surface area is 115 Å². The molecule has 2 rings (SSSR count). The highest BCUT2D eigenvalue weighted by Gasteiger charge is 2.34. The van der Waals surface area contributed by atoms with E-state index in [1.807, 2.05) is 7.05 Å². The second kappa shape index (κ2) is 5.43. The second-order valence-electron chi connectivity index (χ2n) is 5.19. The number of nitrogens with two attached hydrogens (primary N) is 1. The summed E-state index contributed by atoms with van der Waals surface area (Å²) < 4.78 is 38.0. The van der Waals surface area contributed by atoms with Crippen molar-refractivity contribution in [3.8, 4) is 0 Å². The highest BCUT2D eigenvalue weighted by molar-refractivity contribution is 5.42. The number of alkyl halides is 3. The predicted molar refractivity (Wildman–Crippen MR) is 70.2 cm³/mol. The van der Waals surface area contributed by atoms with E-state index in [-0.39, 0.29) is 17.8 Å². The zero-order chi connectivity index (χ0) is 14.9. The first-order chi connectivity index (χ1) is 9.25. The lowest BCUT2D eigenvalue weighted by Gasteiger charge is -2.35. The third-order valence-electron chi connectivity index (χ3n) is 3.59. The Bertz CT molecular complexity index is 477. The van der Waals surface area contributed by atoms with Crippen molar-refractivity contribution in [3.63, 3.8) is 0 Å². The molecule has 2 atom stereocenters. The van der Waals surface area contributed by atoms with Gasteiger partial charge in [-0.05, 0) is 26.8 Å². The second-order valence-corrected chi connectivity index (χ2v) is 5.19. The molecule has 20 heavy (non-hydrogen) atoms. The van der Waals surface area contributed by atoms with E-state index in [0.717, 1.165) is 25.5 Å². The summed E-state index contributed by atoms with van der Waals surface area (Å²) in [6.45, 7) is 2.98. The maximum Gasteiger partial charge on any atom is 0.433 e. The van der Waals surface area contributed by atoms with Gasteiger partial charge < -0.3 is 16.0 Å². The van der Waals surface area contributed by atoms with Crippen molar-refractivity contribution >= 4 is 11.8 Å². The Morgan fingerprint density at radius 1 is 1.40 bits per heavy atom. The van der Waals surface area contributed by atoms with Crippen molar-refractivity contribution in [1.29, 1.82) is 0 Å². The van der Waals surface area contributed by atoms with Gasteiger partial charge in [0.25, 0.3) is 0 Å². The number of anilines is 2. The van der Waals surface area contributed by atoms with Gasteiger partial charge in [-0.2, -0.15) is 18.2 Å². The van der Waals surface area contributed by atoms with Gasteiger partial charge in [-0.1, -0.05) is 0 Å². The van der Waals surface area contributed by atoms with Crippen LogP contribution < -0.4 is 11.1 Å². The van der Waals surface area contributed by atoms with Crippen molar-refractivity contribution in [3.05, 3.63) is 11.8 Å². The lowest BCUT2D eigenvalue weighted by Crippen LogP contribution is -2.42. The molecule has 2 heterocycles. The van der Waals surface area contributed by atoms with Gasteiger partial charge in [0.1, 0.15) is 5.82 Å². The van der Waals surface area contributed by atoms with Gasteiger partial charge in [0.05, 0.1) is 0 Å². The smallest absolute Gasteiger partial charge is 0.368 e. The van der Waals surface area contributed by atoms with E-state index in [1.165, 1.54) is 0 Å². The monoisotopic (exact) mass is 289 g/mol. The van der Waals surface area contributed by atoms with Gasteiger partial charge in [-0.3, -0.25) is 0 Å². The van der Waals surface area contributed by atoms with Crippen molar-refractivity contribution in [1.82, 2.24) is 14.9 Å². The Morgan fingerprint density at radius 2 is 2.10 bits per heavy atom. The number of halogens is 3. The lowest BCUT2D eigenvalue weighted by atomic mass is 9.99. The molecule has 0 amide bonds. The van der Waals surface area contributed by atoms with Crippen LogP contribution in [0, 0.1) is 0 Å². The third kappa shape index (κ3) is 3.50. The minimum absolute atomic E-state index is 0.0941. The molecule has 0 radical (unpaired) electrons. The lowest BCUT2D eigenvalue weighted by molar-refractivity contribution is -0.141. The van der Waals surface area contributed by atoms with Gasteiger partial charge in [0.2, 0.25) is 5.95 Å². The molecule has 1 aromatic rings. The van der Waals surface area contributed by atoms with Crippen LogP contribution in [0.25, 0.3) is 0 Å². The maximum absolute atomic E-state index is 12.7. The Balaban J connectivity index is 2.12. The third-order valence-corrected chi connectivity index (χ3v) is 3.59. The van der Waals surface area contributed by atoms with E-state index in [1.54, 1.807) is 0 Å². The summed E-state index contributed by atoms with van der Waals surface area (Å²) in [6, 6.07) is 1.37. The van der Waals surface area contributed by atoms with E-state index in [2.05, 4.69) is 27.1 Å². The summed E-state index contributed by atoms with van der Waals surface area (Å²) in [5.74, 6) is -0.241. The zero-order valence-corrected chi connectivity index (χ0v) is 11.4. The Kier molecular flexibility index (Phi) is 4.03. The van der Waals surface area contributed by atoms with E-state index in [9.17, 15) is 13.2 Å². The first-order valence-electron chi connectivity index (χ1n) is 6.44. The molecule has 0 aliphatic carbocycles. The van der Waals surface area contributed by atoms with Gasteiger partial charge in [0.15, 0.2) is 5.69 Å². The van der Waals surface area contributed by atoms with E-state index < -0.39 is 11.9 Å². The topological polar surface area (TPSA) is 67.1 Å². The number of nitrogens with zero attached hydrogens (tertiary/aromatic N) is 3. The molecular weight excluding hydrogens is 271 g/mol. The van der Waals surface area contributed by atoms with Crippen LogP contribution in [0.4, 0.5) is 24.9 Å². The molecule has 0 aromatic carbocycles. The van der Waals surface area contributed by atoms with Crippen LogP contribution in [0.1, 0.15) is 25.5 Å². The van der Waals surface area contributed by atoms with Gasteiger partial charge in [0, 0.05) is 24.7 Å². The minimum atomic E-state index is -4.52. The van der Waals surface area contributed by atoms with Gasteiger partial charge >= 0.3 is 6.18 Å². The first kappa shape index (κ1) is 14.8. The normalized spacial score (nSPS) is 24.6. The Morgan fingerprint density at radius 3 is 2.70 bits per heavy atom. The van der Waals surface area contributed by atoms with Crippen LogP contribution in [-0.4, -0.2) is 40.5 Å². The number of piperidine rings is 1. The minimum Gasteiger partial charge on any atom is -0.368 e. The van der Waals surface area contributed by atoms with Crippen molar-refractivity contribution in [2.75, 3.05) is 24.6 Å². The molecule has 1 fully saturated rings. The molecule has 0 bridgehead atoms. The number of hydrogen-bond acceptors (Lipinski definition) is 5. The summed E-state index contributed by atoms with van der Waals surface area (Å²) in [5, 5.41) is 3.03. The highest BCUT2D eigenvalue weighted by Crippen LogP contribution is 2.29. The zero-order valence-electron chi connectivity index (χ0n) is 11.4.